The molecule has 7 heteroatoms. The van der Waals surface area contributed by atoms with E-state index in [1.165, 1.54) is 35.3 Å². The summed E-state index contributed by atoms with van der Waals surface area (Å²) in [6.07, 6.45) is 1.20. The molecule has 0 saturated heterocycles. The van der Waals surface area contributed by atoms with E-state index in [-0.39, 0.29) is 10.7 Å². The molecule has 3 nitrogen and oxygen atoms in total. The first-order valence-electron chi connectivity index (χ1n) is 9.15. The van der Waals surface area contributed by atoms with Gasteiger partial charge in [-0.15, -0.1) is 11.3 Å². The summed E-state index contributed by atoms with van der Waals surface area (Å²) in [6, 6.07) is 23.1. The average molecular weight is 456 g/mol. The van der Waals surface area contributed by atoms with Gasteiger partial charge in [-0.1, -0.05) is 72.4 Å². The molecule has 0 aliphatic carbocycles. The highest BCUT2D eigenvalue weighted by Gasteiger charge is 2.21. The summed E-state index contributed by atoms with van der Waals surface area (Å²) in [5.41, 5.74) is 3.14. The third-order valence-electron chi connectivity index (χ3n) is 4.46. The number of nitrogens with zero attached hydrogens (tertiary/aromatic N) is 1. The topological polar surface area (TPSA) is 47.0 Å². The van der Waals surface area contributed by atoms with E-state index < -0.39 is 9.84 Å². The monoisotopic (exact) mass is 455 g/mol. The number of thiazole rings is 1. The van der Waals surface area contributed by atoms with Crippen molar-refractivity contribution >= 4 is 32.9 Å². The number of sulfone groups is 1. The van der Waals surface area contributed by atoms with Gasteiger partial charge in [-0.2, -0.15) is 0 Å². The fourth-order valence-corrected chi connectivity index (χ4v) is 6.06. The lowest BCUT2D eigenvalue weighted by molar-refractivity contribution is 0.602. The van der Waals surface area contributed by atoms with E-state index in [1.807, 2.05) is 18.2 Å². The standard InChI is InChI=1S/C23H18FNO2S3/c1-30(26,27)20-10-6-5-9-19(20)21-22(17-11-13-18(24)14-12-17)29-23(25-21)28-15-16-7-3-2-4-8-16/h2-14H,15H2,1H3. The smallest absolute Gasteiger partial charge is 0.176 e. The van der Waals surface area contributed by atoms with E-state index in [0.717, 1.165) is 20.5 Å². The zero-order valence-electron chi connectivity index (χ0n) is 16.1. The van der Waals surface area contributed by atoms with Crippen molar-refractivity contribution < 1.29 is 12.8 Å². The minimum Gasteiger partial charge on any atom is -0.229 e. The minimum absolute atomic E-state index is 0.235. The predicted molar refractivity (Wildman–Crippen MR) is 122 cm³/mol. The molecule has 0 saturated carbocycles. The van der Waals surface area contributed by atoms with Crippen LogP contribution in [0.15, 0.2) is 88.1 Å². The van der Waals surface area contributed by atoms with Crippen LogP contribution < -0.4 is 0 Å². The summed E-state index contributed by atoms with van der Waals surface area (Å²) in [7, 11) is -3.44. The Bertz CT molecular complexity index is 1270. The van der Waals surface area contributed by atoms with Crippen LogP contribution in [0.3, 0.4) is 0 Å². The molecule has 0 spiro atoms. The van der Waals surface area contributed by atoms with E-state index >= 15 is 0 Å². The molecule has 1 heterocycles. The number of hydrogen-bond donors (Lipinski definition) is 0. The van der Waals surface area contributed by atoms with Crippen molar-refractivity contribution in [2.75, 3.05) is 6.26 Å². The maximum atomic E-state index is 13.5. The normalized spacial score (nSPS) is 11.5. The molecular formula is C23H18FNO2S3. The van der Waals surface area contributed by atoms with Gasteiger partial charge in [0.2, 0.25) is 0 Å². The van der Waals surface area contributed by atoms with Crippen molar-refractivity contribution in [3.8, 4) is 21.7 Å². The molecule has 0 aliphatic rings. The first kappa shape index (κ1) is 20.8. The van der Waals surface area contributed by atoms with Gasteiger partial charge in [-0.3, -0.25) is 0 Å². The summed E-state index contributed by atoms with van der Waals surface area (Å²) in [6.45, 7) is 0. The number of rotatable bonds is 6. The summed E-state index contributed by atoms with van der Waals surface area (Å²) in [5, 5.41) is 0. The van der Waals surface area contributed by atoms with Gasteiger partial charge in [0.25, 0.3) is 0 Å². The predicted octanol–water partition coefficient (Wildman–Crippen LogP) is 6.31. The Balaban J connectivity index is 1.81. The van der Waals surface area contributed by atoms with E-state index in [2.05, 4.69) is 12.1 Å². The van der Waals surface area contributed by atoms with Gasteiger partial charge in [-0.05, 0) is 29.3 Å². The number of hydrogen-bond acceptors (Lipinski definition) is 5. The van der Waals surface area contributed by atoms with Gasteiger partial charge >= 0.3 is 0 Å². The van der Waals surface area contributed by atoms with Gasteiger partial charge in [0.15, 0.2) is 14.2 Å². The van der Waals surface area contributed by atoms with E-state index in [9.17, 15) is 12.8 Å². The van der Waals surface area contributed by atoms with Crippen LogP contribution in [0, 0.1) is 5.82 Å². The molecule has 0 bridgehead atoms. The Morgan fingerprint density at radius 2 is 1.60 bits per heavy atom. The van der Waals surface area contributed by atoms with E-state index in [0.29, 0.717) is 11.3 Å². The zero-order valence-corrected chi connectivity index (χ0v) is 18.5. The van der Waals surface area contributed by atoms with Crippen LogP contribution in [0.2, 0.25) is 0 Å². The lowest BCUT2D eigenvalue weighted by atomic mass is 10.1. The highest BCUT2D eigenvalue weighted by molar-refractivity contribution is 8.00. The lowest BCUT2D eigenvalue weighted by Gasteiger charge is -2.08. The first-order valence-corrected chi connectivity index (χ1v) is 12.8. The molecule has 152 valence electrons. The van der Waals surface area contributed by atoms with Crippen molar-refractivity contribution in [2.24, 2.45) is 0 Å². The first-order chi connectivity index (χ1) is 14.4. The molecule has 0 atom stereocenters. The number of aromatic nitrogens is 1. The van der Waals surface area contributed by atoms with Gasteiger partial charge in [0.1, 0.15) is 5.82 Å². The zero-order chi connectivity index (χ0) is 21.1. The number of benzene rings is 3. The minimum atomic E-state index is -3.44. The molecule has 30 heavy (non-hydrogen) atoms. The molecule has 3 aromatic carbocycles. The maximum Gasteiger partial charge on any atom is 0.176 e. The van der Waals surface area contributed by atoms with Crippen LogP contribution in [0.5, 0.6) is 0 Å². The summed E-state index contributed by atoms with van der Waals surface area (Å²) in [5.74, 6) is 0.435. The van der Waals surface area contributed by atoms with Crippen LogP contribution in [0.25, 0.3) is 21.7 Å². The second-order valence-corrected chi connectivity index (χ2v) is 10.9. The fourth-order valence-electron chi connectivity index (χ4n) is 3.05. The number of thioether (sulfide) groups is 1. The fraction of sp³-hybridized carbons (Fsp3) is 0.0870. The Morgan fingerprint density at radius 3 is 2.30 bits per heavy atom. The molecule has 0 amide bonds. The van der Waals surface area contributed by atoms with Crippen LogP contribution in [0.4, 0.5) is 4.39 Å². The summed E-state index contributed by atoms with van der Waals surface area (Å²) >= 11 is 3.08. The van der Waals surface area contributed by atoms with Gasteiger partial charge in [0, 0.05) is 17.6 Å². The van der Waals surface area contributed by atoms with Crippen molar-refractivity contribution in [3.05, 3.63) is 90.2 Å². The Morgan fingerprint density at radius 1 is 0.933 bits per heavy atom. The summed E-state index contributed by atoms with van der Waals surface area (Å²) in [4.78, 5) is 5.85. The quantitative estimate of drug-likeness (QED) is 0.320. The lowest BCUT2D eigenvalue weighted by Crippen LogP contribution is -2.00. The molecule has 1 aromatic heterocycles. The van der Waals surface area contributed by atoms with Gasteiger partial charge in [-0.25, -0.2) is 17.8 Å². The molecule has 4 rings (SSSR count). The molecule has 0 unspecified atom stereocenters. The maximum absolute atomic E-state index is 13.5. The van der Waals surface area contributed by atoms with E-state index in [4.69, 9.17) is 4.98 Å². The summed E-state index contributed by atoms with van der Waals surface area (Å²) < 4.78 is 39.0. The van der Waals surface area contributed by atoms with Crippen molar-refractivity contribution in [3.63, 3.8) is 0 Å². The Labute approximate surface area is 183 Å². The van der Waals surface area contributed by atoms with Crippen LogP contribution in [-0.2, 0) is 15.6 Å². The third kappa shape index (κ3) is 4.64. The van der Waals surface area contributed by atoms with Crippen LogP contribution >= 0.6 is 23.1 Å². The van der Waals surface area contributed by atoms with Crippen LogP contribution in [0.1, 0.15) is 5.56 Å². The van der Waals surface area contributed by atoms with Crippen molar-refractivity contribution in [2.45, 2.75) is 15.0 Å². The SMILES string of the molecule is CS(=O)(=O)c1ccccc1-c1nc(SCc2ccccc2)sc1-c1ccc(F)cc1. The molecule has 0 N–H and O–H groups in total. The molecular weight excluding hydrogens is 437 g/mol. The highest BCUT2D eigenvalue weighted by atomic mass is 32.2. The second-order valence-electron chi connectivity index (χ2n) is 6.71. The largest absolute Gasteiger partial charge is 0.229 e. The highest BCUT2D eigenvalue weighted by Crippen LogP contribution is 2.42. The molecule has 0 radical (unpaired) electrons. The Kier molecular flexibility index (Phi) is 6.04. The van der Waals surface area contributed by atoms with E-state index in [1.54, 1.807) is 48.2 Å². The second kappa shape index (κ2) is 8.71. The molecule has 0 aliphatic heterocycles. The Hall–Kier alpha value is -2.48. The van der Waals surface area contributed by atoms with Crippen molar-refractivity contribution in [1.82, 2.24) is 4.98 Å². The molecule has 0 fully saturated rings. The van der Waals surface area contributed by atoms with Crippen LogP contribution in [-0.4, -0.2) is 19.7 Å². The third-order valence-corrected chi connectivity index (χ3v) is 7.93. The molecule has 4 aromatic rings. The van der Waals surface area contributed by atoms with Crippen molar-refractivity contribution in [1.29, 1.82) is 0 Å². The van der Waals surface area contributed by atoms with Gasteiger partial charge in [0.05, 0.1) is 15.5 Å². The number of halogens is 1. The van der Waals surface area contributed by atoms with Gasteiger partial charge < -0.3 is 0 Å². The average Bonchev–Trinajstić information content (AvgIpc) is 3.17.